The predicted octanol–water partition coefficient (Wildman–Crippen LogP) is 1.14. The second-order valence-electron chi connectivity index (χ2n) is 2.80. The minimum Gasteiger partial charge on any atom is -0.443 e. The van der Waals surface area contributed by atoms with Gasteiger partial charge in [-0.2, -0.15) is 5.10 Å². The maximum Gasteiger partial charge on any atom is 0.181 e. The van der Waals surface area contributed by atoms with Gasteiger partial charge in [-0.3, -0.25) is 4.68 Å². The van der Waals surface area contributed by atoms with Crippen molar-refractivity contribution >= 4 is 22.6 Å². The Bertz CT molecular complexity index is 448. The summed E-state index contributed by atoms with van der Waals surface area (Å²) in [4.78, 5) is 4.03. The fraction of sp³-hybridized carbons (Fsp3) is 0.250. The third-order valence-electron chi connectivity index (χ3n) is 1.95. The third-order valence-corrected chi connectivity index (χ3v) is 3.22. The molecule has 5 nitrogen and oxygen atoms in total. The zero-order chi connectivity index (χ0) is 10.1. The Morgan fingerprint density at radius 2 is 2.43 bits per heavy atom. The summed E-state index contributed by atoms with van der Waals surface area (Å²) in [6.07, 6.45) is 3.15. The maximum atomic E-state index is 5.54. The Balaban J connectivity index is 2.54. The van der Waals surface area contributed by atoms with Crippen LogP contribution in [0, 0.1) is 3.70 Å². The van der Waals surface area contributed by atoms with Crippen LogP contribution < -0.4 is 5.73 Å². The zero-order valence-electron chi connectivity index (χ0n) is 7.57. The van der Waals surface area contributed by atoms with E-state index in [4.69, 9.17) is 10.2 Å². The summed E-state index contributed by atoms with van der Waals surface area (Å²) in [5.74, 6) is 0.713. The lowest BCUT2D eigenvalue weighted by molar-refractivity contribution is 0.570. The molecule has 0 spiro atoms. The summed E-state index contributed by atoms with van der Waals surface area (Å²) in [6, 6.07) is 0. The fourth-order valence-electron chi connectivity index (χ4n) is 1.21. The van der Waals surface area contributed by atoms with E-state index in [-0.39, 0.29) is 0 Å². The lowest BCUT2D eigenvalue weighted by atomic mass is 10.2. The zero-order valence-corrected chi connectivity index (χ0v) is 9.72. The first-order valence-corrected chi connectivity index (χ1v) is 5.12. The number of hydrogen-bond donors (Lipinski definition) is 1. The Morgan fingerprint density at radius 1 is 1.64 bits per heavy atom. The number of rotatable bonds is 2. The number of oxazole rings is 1. The van der Waals surface area contributed by atoms with Crippen LogP contribution >= 0.6 is 22.6 Å². The summed E-state index contributed by atoms with van der Waals surface area (Å²) in [7, 11) is 1.88. The predicted molar refractivity (Wildman–Crippen MR) is 59.3 cm³/mol. The van der Waals surface area contributed by atoms with Crippen LogP contribution in [0.1, 0.15) is 5.69 Å². The van der Waals surface area contributed by atoms with E-state index in [1.165, 1.54) is 6.39 Å². The summed E-state index contributed by atoms with van der Waals surface area (Å²) < 4.78 is 8.07. The molecule has 0 fully saturated rings. The average molecular weight is 304 g/mol. The monoisotopic (exact) mass is 304 g/mol. The molecule has 0 aliphatic heterocycles. The van der Waals surface area contributed by atoms with Gasteiger partial charge < -0.3 is 10.2 Å². The number of nitrogens with two attached hydrogens (primary N) is 1. The molecule has 0 radical (unpaired) electrons. The van der Waals surface area contributed by atoms with Crippen LogP contribution in [0.25, 0.3) is 11.3 Å². The molecule has 2 heterocycles. The smallest absolute Gasteiger partial charge is 0.181 e. The average Bonchev–Trinajstić information content (AvgIpc) is 2.75. The molecule has 0 aromatic carbocycles. The van der Waals surface area contributed by atoms with E-state index in [0.29, 0.717) is 12.3 Å². The molecule has 0 aliphatic carbocycles. The van der Waals surface area contributed by atoms with Crippen molar-refractivity contribution in [1.29, 1.82) is 0 Å². The number of halogens is 1. The van der Waals surface area contributed by atoms with Crippen molar-refractivity contribution in [2.24, 2.45) is 12.8 Å². The summed E-state index contributed by atoms with van der Waals surface area (Å²) in [6.45, 7) is 0.372. The lowest BCUT2D eigenvalue weighted by Gasteiger charge is -1.96. The first-order valence-electron chi connectivity index (χ1n) is 4.04. The number of hydrogen-bond acceptors (Lipinski definition) is 4. The molecule has 0 saturated carbocycles. The van der Waals surface area contributed by atoms with E-state index in [1.807, 2.05) is 7.05 Å². The van der Waals surface area contributed by atoms with Crippen molar-refractivity contribution in [3.63, 3.8) is 0 Å². The molecule has 2 rings (SSSR count). The molecule has 2 N–H and O–H groups in total. The highest BCUT2D eigenvalue weighted by atomic mass is 127. The van der Waals surface area contributed by atoms with Crippen LogP contribution in [0.4, 0.5) is 0 Å². The van der Waals surface area contributed by atoms with Gasteiger partial charge in [0.1, 0.15) is 9.39 Å². The molecular formula is C8H9IN4O. The summed E-state index contributed by atoms with van der Waals surface area (Å²) >= 11 is 2.21. The van der Waals surface area contributed by atoms with Gasteiger partial charge in [0, 0.05) is 13.6 Å². The molecule has 0 saturated heterocycles. The molecular weight excluding hydrogens is 295 g/mol. The number of aryl methyl sites for hydroxylation is 1. The molecule has 2 aromatic heterocycles. The minimum atomic E-state index is 0.372. The van der Waals surface area contributed by atoms with Crippen LogP contribution in [0.3, 0.4) is 0 Å². The van der Waals surface area contributed by atoms with Crippen molar-refractivity contribution in [3.8, 4) is 11.3 Å². The van der Waals surface area contributed by atoms with Crippen molar-refractivity contribution in [3.05, 3.63) is 22.0 Å². The lowest BCUT2D eigenvalue weighted by Crippen LogP contribution is -1.98. The van der Waals surface area contributed by atoms with Crippen molar-refractivity contribution in [2.75, 3.05) is 0 Å². The number of nitrogens with zero attached hydrogens (tertiary/aromatic N) is 3. The molecule has 14 heavy (non-hydrogen) atoms. The number of aromatic nitrogens is 3. The van der Waals surface area contributed by atoms with Crippen LogP contribution in [-0.4, -0.2) is 14.8 Å². The largest absolute Gasteiger partial charge is 0.443 e. The normalized spacial score (nSPS) is 10.8. The second kappa shape index (κ2) is 3.70. The van der Waals surface area contributed by atoms with Gasteiger partial charge in [-0.1, -0.05) is 0 Å². The molecule has 0 aliphatic rings. The third kappa shape index (κ3) is 1.44. The fourth-order valence-corrected chi connectivity index (χ4v) is 1.72. The van der Waals surface area contributed by atoms with Gasteiger partial charge in [-0.15, -0.1) is 0 Å². The highest BCUT2D eigenvalue weighted by Gasteiger charge is 2.15. The molecule has 0 atom stereocenters. The molecule has 74 valence electrons. The first-order chi connectivity index (χ1) is 6.74. The van der Waals surface area contributed by atoms with Gasteiger partial charge in [0.15, 0.2) is 12.2 Å². The van der Waals surface area contributed by atoms with E-state index in [2.05, 4.69) is 32.7 Å². The van der Waals surface area contributed by atoms with Gasteiger partial charge in [0.25, 0.3) is 0 Å². The van der Waals surface area contributed by atoms with Gasteiger partial charge in [0.2, 0.25) is 0 Å². The summed E-state index contributed by atoms with van der Waals surface area (Å²) in [5.41, 5.74) is 7.23. The Hall–Kier alpha value is -0.890. The van der Waals surface area contributed by atoms with Crippen LogP contribution in [0.2, 0.25) is 0 Å². The molecule has 0 bridgehead atoms. The Labute approximate surface area is 94.4 Å². The van der Waals surface area contributed by atoms with E-state index in [9.17, 15) is 0 Å². The van der Waals surface area contributed by atoms with Crippen molar-refractivity contribution in [2.45, 2.75) is 6.54 Å². The first kappa shape index (κ1) is 9.66. The molecule has 0 unspecified atom stereocenters. The molecule has 2 aromatic rings. The van der Waals surface area contributed by atoms with Crippen LogP contribution in [0.5, 0.6) is 0 Å². The molecule has 6 heteroatoms. The Kier molecular flexibility index (Phi) is 2.55. The highest BCUT2D eigenvalue weighted by molar-refractivity contribution is 14.1. The van der Waals surface area contributed by atoms with Crippen molar-refractivity contribution in [1.82, 2.24) is 14.8 Å². The van der Waals surface area contributed by atoms with E-state index >= 15 is 0 Å². The second-order valence-corrected chi connectivity index (χ2v) is 3.83. The van der Waals surface area contributed by atoms with Gasteiger partial charge in [0.05, 0.1) is 11.8 Å². The van der Waals surface area contributed by atoms with Gasteiger partial charge in [-0.05, 0) is 22.6 Å². The van der Waals surface area contributed by atoms with Crippen LogP contribution in [-0.2, 0) is 13.6 Å². The van der Waals surface area contributed by atoms with Crippen LogP contribution in [0.15, 0.2) is 17.0 Å². The van der Waals surface area contributed by atoms with E-state index in [1.54, 1.807) is 10.9 Å². The summed E-state index contributed by atoms with van der Waals surface area (Å²) in [5, 5.41) is 4.13. The Morgan fingerprint density at radius 3 is 3.00 bits per heavy atom. The van der Waals surface area contributed by atoms with Gasteiger partial charge in [-0.25, -0.2) is 4.98 Å². The highest BCUT2D eigenvalue weighted by Crippen LogP contribution is 2.26. The van der Waals surface area contributed by atoms with E-state index in [0.717, 1.165) is 15.0 Å². The topological polar surface area (TPSA) is 69.9 Å². The maximum absolute atomic E-state index is 5.54. The quantitative estimate of drug-likeness (QED) is 0.845. The SMILES string of the molecule is Cn1ncc(-c2ocnc2CN)c1I. The molecule has 0 amide bonds. The standard InChI is InChI=1S/C8H9IN4O/c1-13-8(9)5(3-12-13)7-6(2-10)11-4-14-7/h3-4H,2,10H2,1H3. The van der Waals surface area contributed by atoms with Crippen molar-refractivity contribution < 1.29 is 4.42 Å². The van der Waals surface area contributed by atoms with Gasteiger partial charge >= 0.3 is 0 Å². The van der Waals surface area contributed by atoms with E-state index < -0.39 is 0 Å². The minimum absolute atomic E-state index is 0.372.